The van der Waals surface area contributed by atoms with E-state index in [9.17, 15) is 15.0 Å². The first-order valence-electron chi connectivity index (χ1n) is 12.1. The quantitative estimate of drug-likeness (QED) is 0.454. The Balaban J connectivity index is 1.31. The van der Waals surface area contributed by atoms with Gasteiger partial charge in [0.05, 0.1) is 24.6 Å². The zero-order chi connectivity index (χ0) is 23.9. The molecular formula is C28H34N2O4. The summed E-state index contributed by atoms with van der Waals surface area (Å²) in [6, 6.07) is 17.6. The number of piperidine rings is 1. The van der Waals surface area contributed by atoms with Gasteiger partial charge in [-0.2, -0.15) is 0 Å². The third kappa shape index (κ3) is 5.93. The zero-order valence-electron chi connectivity index (χ0n) is 19.8. The first-order valence-corrected chi connectivity index (χ1v) is 12.1. The number of aliphatic hydroxyl groups excluding tert-OH is 1. The Hall–Kier alpha value is -2.96. The van der Waals surface area contributed by atoms with Crippen molar-refractivity contribution < 1.29 is 19.7 Å². The summed E-state index contributed by atoms with van der Waals surface area (Å²) in [5.74, 6) is -0.0813. The number of aliphatic hydroxyl groups is 1. The predicted octanol–water partition coefficient (Wildman–Crippen LogP) is 4.71. The third-order valence-corrected chi connectivity index (χ3v) is 7.12. The van der Waals surface area contributed by atoms with Crippen LogP contribution < -0.4 is 4.74 Å². The molecule has 1 aromatic heterocycles. The van der Waals surface area contributed by atoms with E-state index < -0.39 is 12.1 Å². The van der Waals surface area contributed by atoms with Crippen molar-refractivity contribution in [3.05, 3.63) is 71.9 Å². The summed E-state index contributed by atoms with van der Waals surface area (Å²) in [4.78, 5) is 18.7. The Kier molecular flexibility index (Phi) is 8.14. The Labute approximate surface area is 201 Å². The molecule has 2 heterocycles. The molecule has 3 atom stereocenters. The standard InChI is InChI=1S/C28H34N2O4/c1-34-23-10-11-26-24(18-23)20(12-15-29-26)8-5-9-21-13-16-30(19-25(21)28(32)33)17-14-27(31)22-6-3-2-4-7-22/h2-4,6-7,10-12,15,18,21,25,27,31H,5,8-9,13-14,16-17,19H2,1H3,(H,32,33)/t21-,25+,27?/m1/s1. The minimum atomic E-state index is -0.711. The van der Waals surface area contributed by atoms with Gasteiger partial charge in [0.15, 0.2) is 0 Å². The number of carbonyl (C=O) groups is 1. The van der Waals surface area contributed by atoms with Crippen LogP contribution in [-0.2, 0) is 11.2 Å². The molecule has 0 aliphatic carbocycles. The molecule has 2 aromatic carbocycles. The zero-order valence-corrected chi connectivity index (χ0v) is 19.8. The molecule has 0 radical (unpaired) electrons. The summed E-state index contributed by atoms with van der Waals surface area (Å²) in [5, 5.41) is 21.5. The van der Waals surface area contributed by atoms with Gasteiger partial charge in [0.2, 0.25) is 0 Å². The number of methoxy groups -OCH3 is 1. The number of hydrogen-bond acceptors (Lipinski definition) is 5. The molecule has 1 aliphatic heterocycles. The van der Waals surface area contributed by atoms with Crippen molar-refractivity contribution in [1.29, 1.82) is 0 Å². The van der Waals surface area contributed by atoms with Crippen molar-refractivity contribution in [2.75, 3.05) is 26.7 Å². The molecule has 1 saturated heterocycles. The van der Waals surface area contributed by atoms with Crippen molar-refractivity contribution in [2.45, 2.75) is 38.2 Å². The molecule has 0 bridgehead atoms. The number of ether oxygens (including phenoxy) is 1. The summed E-state index contributed by atoms with van der Waals surface area (Å²) in [5.41, 5.74) is 3.09. The monoisotopic (exact) mass is 462 g/mol. The van der Waals surface area contributed by atoms with Crippen molar-refractivity contribution in [1.82, 2.24) is 9.88 Å². The summed E-state index contributed by atoms with van der Waals surface area (Å²) >= 11 is 0. The fraction of sp³-hybridized carbons (Fsp3) is 0.429. The average molecular weight is 463 g/mol. The van der Waals surface area contributed by atoms with Gasteiger partial charge < -0.3 is 19.8 Å². The summed E-state index contributed by atoms with van der Waals surface area (Å²) in [7, 11) is 1.66. The molecule has 0 spiro atoms. The van der Waals surface area contributed by atoms with Crippen molar-refractivity contribution in [3.8, 4) is 5.75 Å². The van der Waals surface area contributed by atoms with Crippen LogP contribution in [0.2, 0.25) is 0 Å². The number of carboxylic acid groups (broad SMARTS) is 1. The predicted molar refractivity (Wildman–Crippen MR) is 133 cm³/mol. The fourth-order valence-corrected chi connectivity index (χ4v) is 5.13. The van der Waals surface area contributed by atoms with Gasteiger partial charge in [-0.3, -0.25) is 9.78 Å². The molecule has 6 nitrogen and oxygen atoms in total. The molecule has 1 fully saturated rings. The van der Waals surface area contributed by atoms with Crippen LogP contribution in [0.15, 0.2) is 60.8 Å². The van der Waals surface area contributed by atoms with E-state index in [1.807, 2.05) is 54.7 Å². The van der Waals surface area contributed by atoms with Crippen LogP contribution in [0, 0.1) is 11.8 Å². The first-order chi connectivity index (χ1) is 16.5. The Bertz CT molecular complexity index is 1090. The minimum Gasteiger partial charge on any atom is -0.497 e. The molecule has 1 unspecified atom stereocenters. The van der Waals surface area contributed by atoms with E-state index in [4.69, 9.17) is 4.74 Å². The van der Waals surface area contributed by atoms with E-state index in [1.165, 1.54) is 5.56 Å². The highest BCUT2D eigenvalue weighted by Gasteiger charge is 2.33. The van der Waals surface area contributed by atoms with Gasteiger partial charge in [0.25, 0.3) is 0 Å². The lowest BCUT2D eigenvalue weighted by atomic mass is 9.81. The van der Waals surface area contributed by atoms with Gasteiger partial charge in [-0.1, -0.05) is 30.3 Å². The molecule has 180 valence electrons. The number of benzene rings is 2. The van der Waals surface area contributed by atoms with Gasteiger partial charge in [-0.25, -0.2) is 0 Å². The van der Waals surface area contributed by atoms with Gasteiger partial charge in [0.1, 0.15) is 5.75 Å². The molecule has 0 saturated carbocycles. The molecular weight excluding hydrogens is 428 g/mol. The minimum absolute atomic E-state index is 0.176. The Morgan fingerprint density at radius 1 is 1.21 bits per heavy atom. The SMILES string of the molecule is COc1ccc2nccc(CCC[C@@H]3CCN(CCC(O)c4ccccc4)C[C@@H]3C(=O)O)c2c1. The van der Waals surface area contributed by atoms with Gasteiger partial charge in [-0.15, -0.1) is 0 Å². The van der Waals surface area contributed by atoms with Crippen molar-refractivity contribution in [2.24, 2.45) is 11.8 Å². The highest BCUT2D eigenvalue weighted by Crippen LogP contribution is 2.30. The highest BCUT2D eigenvalue weighted by atomic mass is 16.5. The summed E-state index contributed by atoms with van der Waals surface area (Å²) in [6.45, 7) is 2.14. The van der Waals surface area contributed by atoms with Gasteiger partial charge in [-0.05, 0) is 80.0 Å². The maximum Gasteiger partial charge on any atom is 0.308 e. The molecule has 0 amide bonds. The third-order valence-electron chi connectivity index (χ3n) is 7.12. The second-order valence-corrected chi connectivity index (χ2v) is 9.25. The van der Waals surface area contributed by atoms with E-state index in [0.717, 1.165) is 54.4 Å². The second kappa shape index (κ2) is 11.4. The molecule has 2 N–H and O–H groups in total. The van der Waals surface area contributed by atoms with Crippen LogP contribution in [0.5, 0.6) is 5.75 Å². The lowest BCUT2D eigenvalue weighted by Crippen LogP contribution is -2.44. The maximum absolute atomic E-state index is 12.1. The number of nitrogens with zero attached hydrogens (tertiary/aromatic N) is 2. The van der Waals surface area contributed by atoms with E-state index in [-0.39, 0.29) is 11.8 Å². The van der Waals surface area contributed by atoms with Crippen LogP contribution in [-0.4, -0.2) is 52.8 Å². The van der Waals surface area contributed by atoms with Gasteiger partial charge >= 0.3 is 5.97 Å². The smallest absolute Gasteiger partial charge is 0.308 e. The number of aryl methyl sites for hydroxylation is 1. The van der Waals surface area contributed by atoms with Crippen LogP contribution in [0.3, 0.4) is 0 Å². The van der Waals surface area contributed by atoms with Crippen LogP contribution in [0.1, 0.15) is 42.9 Å². The second-order valence-electron chi connectivity index (χ2n) is 9.25. The summed E-state index contributed by atoms with van der Waals surface area (Å²) in [6.07, 6.45) is 5.54. The van der Waals surface area contributed by atoms with Crippen LogP contribution >= 0.6 is 0 Å². The number of likely N-dealkylation sites (tertiary alicyclic amines) is 1. The van der Waals surface area contributed by atoms with Crippen molar-refractivity contribution >= 4 is 16.9 Å². The normalized spacial score (nSPS) is 19.7. The Morgan fingerprint density at radius 2 is 2.03 bits per heavy atom. The lowest BCUT2D eigenvalue weighted by Gasteiger charge is -2.37. The largest absolute Gasteiger partial charge is 0.497 e. The van der Waals surface area contributed by atoms with Crippen molar-refractivity contribution in [3.63, 3.8) is 0 Å². The first kappa shape index (κ1) is 24.2. The fourth-order valence-electron chi connectivity index (χ4n) is 5.13. The number of aromatic nitrogens is 1. The van der Waals surface area contributed by atoms with E-state index in [2.05, 4.69) is 16.0 Å². The molecule has 34 heavy (non-hydrogen) atoms. The number of fused-ring (bicyclic) bond motifs is 1. The number of aliphatic carboxylic acids is 1. The summed E-state index contributed by atoms with van der Waals surface area (Å²) < 4.78 is 5.37. The molecule has 1 aliphatic rings. The van der Waals surface area contributed by atoms with E-state index in [0.29, 0.717) is 19.5 Å². The van der Waals surface area contributed by atoms with Crippen LogP contribution in [0.4, 0.5) is 0 Å². The molecule has 6 heteroatoms. The molecule has 3 aromatic rings. The Morgan fingerprint density at radius 3 is 2.79 bits per heavy atom. The van der Waals surface area contributed by atoms with Crippen LogP contribution in [0.25, 0.3) is 10.9 Å². The maximum atomic E-state index is 12.1. The lowest BCUT2D eigenvalue weighted by molar-refractivity contribution is -0.146. The number of hydrogen-bond donors (Lipinski definition) is 2. The van der Waals surface area contributed by atoms with E-state index in [1.54, 1.807) is 7.11 Å². The van der Waals surface area contributed by atoms with E-state index >= 15 is 0 Å². The topological polar surface area (TPSA) is 82.9 Å². The highest BCUT2D eigenvalue weighted by molar-refractivity contribution is 5.83. The average Bonchev–Trinajstić information content (AvgIpc) is 2.88. The number of rotatable bonds is 10. The van der Waals surface area contributed by atoms with Gasteiger partial charge in [0, 0.05) is 24.7 Å². The molecule has 4 rings (SSSR count). The number of carboxylic acids is 1. The number of pyridine rings is 1.